The average Bonchev–Trinajstić information content (AvgIpc) is 3.38. The zero-order valence-electron chi connectivity index (χ0n) is 18.6. The van der Waals surface area contributed by atoms with E-state index in [1.165, 1.54) is 10.9 Å². The molecule has 0 aromatic carbocycles. The maximum absolute atomic E-state index is 13.4. The third-order valence-corrected chi connectivity index (χ3v) is 5.99. The summed E-state index contributed by atoms with van der Waals surface area (Å²) >= 11 is 0. The Kier molecular flexibility index (Phi) is 6.08. The molecule has 10 nitrogen and oxygen atoms in total. The number of hydrogen-bond acceptors (Lipinski definition) is 7. The molecule has 31 heavy (non-hydrogen) atoms. The van der Waals surface area contributed by atoms with Crippen molar-refractivity contribution < 1.29 is 19.3 Å². The van der Waals surface area contributed by atoms with Crippen molar-refractivity contribution in [2.45, 2.75) is 96.8 Å². The average molecular weight is 437 g/mol. The Hall–Kier alpha value is -2.01. The summed E-state index contributed by atoms with van der Waals surface area (Å²) in [4.78, 5) is 30.9. The minimum Gasteiger partial charge on any atom is -0.394 e. The second-order valence-electron chi connectivity index (χ2n) is 8.73. The smallest absolute Gasteiger partial charge is 0.332 e. The number of unbranched alkanes of at least 4 members (excludes halogenated alkanes) is 2. The molecule has 2 saturated heterocycles. The summed E-state index contributed by atoms with van der Waals surface area (Å²) in [6.07, 6.45) is 2.58. The first-order valence-corrected chi connectivity index (χ1v) is 11.1. The summed E-state index contributed by atoms with van der Waals surface area (Å²) in [5.74, 6) is -0.828. The highest BCUT2D eigenvalue weighted by Crippen LogP contribution is 2.43. The molecular weight excluding hydrogens is 404 g/mol. The lowest BCUT2D eigenvalue weighted by Gasteiger charge is -2.24. The van der Waals surface area contributed by atoms with Crippen LogP contribution in [0.3, 0.4) is 0 Å². The van der Waals surface area contributed by atoms with E-state index in [-0.39, 0.29) is 17.9 Å². The van der Waals surface area contributed by atoms with Crippen molar-refractivity contribution in [3.8, 4) is 0 Å². The number of aliphatic hydroxyl groups is 1. The maximum Gasteiger partial charge on any atom is 0.332 e. The number of ether oxygens (including phenoxy) is 3. The summed E-state index contributed by atoms with van der Waals surface area (Å²) in [5, 5.41) is 9.79. The number of imidazole rings is 1. The van der Waals surface area contributed by atoms with Gasteiger partial charge in [-0.15, -0.1) is 0 Å². The molecule has 2 aromatic heterocycles. The Balaban J connectivity index is 1.86. The van der Waals surface area contributed by atoms with E-state index in [0.29, 0.717) is 24.3 Å². The summed E-state index contributed by atoms with van der Waals surface area (Å²) in [6, 6.07) is 0. The topological polar surface area (TPSA) is 110 Å². The minimum atomic E-state index is -0.828. The Morgan fingerprint density at radius 1 is 1.06 bits per heavy atom. The van der Waals surface area contributed by atoms with Crippen LogP contribution in [0.1, 0.15) is 59.6 Å². The third-order valence-electron chi connectivity index (χ3n) is 5.99. The standard InChI is InChI=1S/C21H32N4O6/c1-5-7-9-23-17-14(18(27)24(20(23)28)10-8-6-2)25(12-22-17)19-16-15(13(11-26)29-19)30-21(3,4)31-16/h12-13,15-16,19,26H,5-11H2,1-4H3/t13-,15-,16-,19-/m1/s1. The number of nitrogens with zero attached hydrogens (tertiary/aromatic N) is 4. The van der Waals surface area contributed by atoms with Gasteiger partial charge in [0.15, 0.2) is 23.2 Å². The molecule has 4 heterocycles. The zero-order chi connectivity index (χ0) is 22.3. The highest BCUT2D eigenvalue weighted by atomic mass is 16.8. The Bertz CT molecular complexity index is 1050. The molecule has 2 aromatic rings. The zero-order valence-corrected chi connectivity index (χ0v) is 18.6. The van der Waals surface area contributed by atoms with E-state index in [4.69, 9.17) is 14.2 Å². The number of aliphatic hydroxyl groups excluding tert-OH is 1. The molecule has 2 fully saturated rings. The van der Waals surface area contributed by atoms with Gasteiger partial charge in [-0.05, 0) is 26.7 Å². The Labute approximate surface area is 180 Å². The van der Waals surface area contributed by atoms with Crippen molar-refractivity contribution in [1.29, 1.82) is 0 Å². The van der Waals surface area contributed by atoms with Gasteiger partial charge in [-0.2, -0.15) is 0 Å². The molecular formula is C21H32N4O6. The van der Waals surface area contributed by atoms with Crippen LogP contribution >= 0.6 is 0 Å². The van der Waals surface area contributed by atoms with Gasteiger partial charge < -0.3 is 19.3 Å². The number of aryl methyl sites for hydroxylation is 1. The molecule has 0 spiro atoms. The molecule has 1 N–H and O–H groups in total. The molecule has 0 aliphatic carbocycles. The second kappa shape index (κ2) is 8.50. The van der Waals surface area contributed by atoms with Crippen LogP contribution in [0, 0.1) is 0 Å². The van der Waals surface area contributed by atoms with Gasteiger partial charge in [-0.3, -0.25) is 18.5 Å². The number of aromatic nitrogens is 4. The van der Waals surface area contributed by atoms with Gasteiger partial charge in [0.2, 0.25) is 0 Å². The quantitative estimate of drug-likeness (QED) is 0.665. The fourth-order valence-corrected chi connectivity index (χ4v) is 4.46. The van der Waals surface area contributed by atoms with Crippen LogP contribution in [0.15, 0.2) is 15.9 Å². The van der Waals surface area contributed by atoms with Crippen LogP contribution in [0.2, 0.25) is 0 Å². The molecule has 0 amide bonds. The predicted octanol–water partition coefficient (Wildman–Crippen LogP) is 1.37. The molecule has 10 heteroatoms. The largest absolute Gasteiger partial charge is 0.394 e. The van der Waals surface area contributed by atoms with E-state index in [2.05, 4.69) is 11.9 Å². The monoisotopic (exact) mass is 436 g/mol. The van der Waals surface area contributed by atoms with Gasteiger partial charge in [0.25, 0.3) is 5.56 Å². The molecule has 0 radical (unpaired) electrons. The summed E-state index contributed by atoms with van der Waals surface area (Å²) in [7, 11) is 0. The predicted molar refractivity (Wildman–Crippen MR) is 113 cm³/mol. The van der Waals surface area contributed by atoms with Crippen LogP contribution in [-0.2, 0) is 27.3 Å². The van der Waals surface area contributed by atoms with Gasteiger partial charge in [0.05, 0.1) is 12.9 Å². The fourth-order valence-electron chi connectivity index (χ4n) is 4.46. The first-order chi connectivity index (χ1) is 14.8. The highest BCUT2D eigenvalue weighted by Gasteiger charge is 2.56. The molecule has 0 unspecified atom stereocenters. The normalized spacial score (nSPS) is 27.3. The van der Waals surface area contributed by atoms with Crippen molar-refractivity contribution in [2.75, 3.05) is 6.61 Å². The van der Waals surface area contributed by atoms with Crippen LogP contribution in [0.25, 0.3) is 11.2 Å². The Morgan fingerprint density at radius 3 is 2.35 bits per heavy atom. The second-order valence-corrected chi connectivity index (χ2v) is 8.73. The number of fused-ring (bicyclic) bond motifs is 2. The number of rotatable bonds is 8. The summed E-state index contributed by atoms with van der Waals surface area (Å²) in [6.45, 7) is 8.29. The van der Waals surface area contributed by atoms with Crippen molar-refractivity contribution in [2.24, 2.45) is 0 Å². The highest BCUT2D eigenvalue weighted by molar-refractivity contribution is 5.70. The van der Waals surface area contributed by atoms with Gasteiger partial charge in [0, 0.05) is 13.1 Å². The van der Waals surface area contributed by atoms with Crippen LogP contribution in [0.5, 0.6) is 0 Å². The van der Waals surface area contributed by atoms with Crippen molar-refractivity contribution in [3.63, 3.8) is 0 Å². The first kappa shape index (κ1) is 22.2. The SMILES string of the molecule is CCCCn1c(=O)c2c(ncn2[C@@H]2O[C@H](CO)[C@H]3OC(C)(C)O[C@H]32)n(CCCC)c1=O. The molecule has 2 aliphatic heterocycles. The summed E-state index contributed by atoms with van der Waals surface area (Å²) < 4.78 is 22.6. The van der Waals surface area contributed by atoms with E-state index in [1.807, 2.05) is 20.8 Å². The molecule has 4 atom stereocenters. The first-order valence-electron chi connectivity index (χ1n) is 11.1. The van der Waals surface area contributed by atoms with Gasteiger partial charge >= 0.3 is 5.69 Å². The lowest BCUT2D eigenvalue weighted by Crippen LogP contribution is -2.41. The van der Waals surface area contributed by atoms with Crippen LogP contribution < -0.4 is 11.2 Å². The van der Waals surface area contributed by atoms with Gasteiger partial charge in [0.1, 0.15) is 18.3 Å². The van der Waals surface area contributed by atoms with E-state index < -0.39 is 30.3 Å². The molecule has 2 aliphatic rings. The Morgan fingerprint density at radius 2 is 1.71 bits per heavy atom. The fraction of sp³-hybridized carbons (Fsp3) is 0.762. The maximum atomic E-state index is 13.4. The third kappa shape index (κ3) is 3.75. The molecule has 4 rings (SSSR count). The van der Waals surface area contributed by atoms with Crippen LogP contribution in [-0.4, -0.2) is 54.5 Å². The molecule has 0 saturated carbocycles. The molecule has 172 valence electrons. The lowest BCUT2D eigenvalue weighted by molar-refractivity contribution is -0.199. The van der Waals surface area contributed by atoms with Crippen molar-refractivity contribution in [1.82, 2.24) is 18.7 Å². The summed E-state index contributed by atoms with van der Waals surface area (Å²) in [5.41, 5.74) is -0.0569. The van der Waals surface area contributed by atoms with E-state index >= 15 is 0 Å². The van der Waals surface area contributed by atoms with E-state index in [0.717, 1.165) is 25.7 Å². The van der Waals surface area contributed by atoms with Crippen molar-refractivity contribution >= 4 is 11.2 Å². The van der Waals surface area contributed by atoms with Crippen LogP contribution in [0.4, 0.5) is 0 Å². The lowest BCUT2D eigenvalue weighted by atomic mass is 10.1. The van der Waals surface area contributed by atoms with Gasteiger partial charge in [-0.1, -0.05) is 26.7 Å². The minimum absolute atomic E-state index is 0.230. The van der Waals surface area contributed by atoms with E-state index in [9.17, 15) is 14.7 Å². The van der Waals surface area contributed by atoms with E-state index in [1.54, 1.807) is 9.13 Å². The molecule has 0 bridgehead atoms. The number of hydrogen-bond donors (Lipinski definition) is 1. The van der Waals surface area contributed by atoms with Crippen molar-refractivity contribution in [3.05, 3.63) is 27.2 Å². The van der Waals surface area contributed by atoms with Gasteiger partial charge in [-0.25, -0.2) is 9.78 Å².